The molecule has 282 valence electrons. The molecule has 59 heavy (non-hydrogen) atoms. The maximum absolute atomic E-state index is 14.3. The monoisotopic (exact) mass is 822 g/mol. The molecule has 0 heterocycles. The van der Waals surface area contributed by atoms with E-state index in [1.807, 2.05) is 31.2 Å². The van der Waals surface area contributed by atoms with Crippen molar-refractivity contribution in [3.63, 3.8) is 0 Å². The second-order valence-electron chi connectivity index (χ2n) is 17.1. The van der Waals surface area contributed by atoms with Crippen LogP contribution in [-0.4, -0.2) is 10.2 Å². The molecule has 0 aliphatic heterocycles. The van der Waals surface area contributed by atoms with E-state index in [4.69, 9.17) is 0 Å². The second-order valence-corrected chi connectivity index (χ2v) is 18.0. The van der Waals surface area contributed by atoms with E-state index in [1.54, 1.807) is 0 Å². The topological polar surface area (TPSA) is 40.5 Å². The van der Waals surface area contributed by atoms with Gasteiger partial charge in [-0.15, -0.1) is 0 Å². The number of fused-ring (bicyclic) bond motifs is 8. The lowest BCUT2D eigenvalue weighted by Gasteiger charge is -2.46. The average molecular weight is 824 g/mol. The quantitative estimate of drug-likeness (QED) is 0.186. The molecule has 0 amide bonds. The fourth-order valence-corrected chi connectivity index (χ4v) is 11.9. The number of hydrogen-bond acceptors (Lipinski definition) is 2. The smallest absolute Gasteiger partial charge is 0.142 e. The average Bonchev–Trinajstić information content (AvgIpc) is 3.84. The van der Waals surface area contributed by atoms with Crippen molar-refractivity contribution in [3.8, 4) is 33.4 Å². The van der Waals surface area contributed by atoms with Gasteiger partial charge in [-0.05, 0) is 125 Å². The summed E-state index contributed by atoms with van der Waals surface area (Å²) in [6.07, 6.45) is 6.17. The Hall–Kier alpha value is -6.10. The Balaban J connectivity index is 1.22. The lowest BCUT2D eigenvalue weighted by atomic mass is 9.61. The highest BCUT2D eigenvalue weighted by molar-refractivity contribution is 9.10. The normalized spacial score (nSPS) is 19.9. The number of benzene rings is 8. The molecule has 2 atom stereocenters. The van der Waals surface area contributed by atoms with Crippen molar-refractivity contribution in [1.82, 2.24) is 0 Å². The van der Waals surface area contributed by atoms with E-state index in [1.165, 1.54) is 27.8 Å². The highest BCUT2D eigenvalue weighted by Gasteiger charge is 2.54. The molecule has 0 saturated carbocycles. The number of rotatable bonds is 4. The minimum atomic E-state index is -1.66. The van der Waals surface area contributed by atoms with Gasteiger partial charge in [-0.2, -0.15) is 0 Å². The van der Waals surface area contributed by atoms with Crippen molar-refractivity contribution in [2.24, 2.45) is 0 Å². The van der Waals surface area contributed by atoms with Crippen molar-refractivity contribution < 1.29 is 10.2 Å². The van der Waals surface area contributed by atoms with Crippen LogP contribution in [0.2, 0.25) is 0 Å². The summed E-state index contributed by atoms with van der Waals surface area (Å²) < 4.78 is 0.823. The molecule has 0 fully saturated rings. The van der Waals surface area contributed by atoms with Crippen LogP contribution >= 0.6 is 15.9 Å². The summed E-state index contributed by atoms with van der Waals surface area (Å²) in [5.74, 6) is 0. The van der Waals surface area contributed by atoms with Gasteiger partial charge in [0.2, 0.25) is 0 Å². The predicted octanol–water partition coefficient (Wildman–Crippen LogP) is 13.6. The molecule has 8 aromatic carbocycles. The molecule has 8 aromatic rings. The van der Waals surface area contributed by atoms with Crippen molar-refractivity contribution in [2.45, 2.75) is 37.4 Å². The Morgan fingerprint density at radius 1 is 0.458 bits per heavy atom. The van der Waals surface area contributed by atoms with Gasteiger partial charge in [0.15, 0.2) is 0 Å². The number of aliphatic hydroxyl groups is 2. The van der Waals surface area contributed by atoms with E-state index in [0.717, 1.165) is 76.1 Å². The minimum absolute atomic E-state index is 0.348. The SMILES string of the molecule is C=CC1=C(/C=C\C)c2ccc(C3(O)c4ccc(Br)cc4C(O)(c4ccc5c6c(cccc46)-c4ccccc4-5)c4cc5c(cc43)-c3ccccc3C5(C)C)c3cccc1c23. The van der Waals surface area contributed by atoms with Gasteiger partial charge in [-0.1, -0.05) is 176 Å². The zero-order valence-electron chi connectivity index (χ0n) is 33.0. The lowest BCUT2D eigenvalue weighted by molar-refractivity contribution is 0.0762. The van der Waals surface area contributed by atoms with Gasteiger partial charge in [0.1, 0.15) is 11.2 Å². The van der Waals surface area contributed by atoms with Gasteiger partial charge >= 0.3 is 0 Å². The Morgan fingerprint density at radius 2 is 0.983 bits per heavy atom. The molecule has 0 bridgehead atoms. The highest BCUT2D eigenvalue weighted by atomic mass is 79.9. The first-order valence-corrected chi connectivity index (χ1v) is 21.2. The fraction of sp³-hybridized carbons (Fsp3) is 0.107. The molecule has 12 rings (SSSR count). The summed E-state index contributed by atoms with van der Waals surface area (Å²) in [6.45, 7) is 10.8. The summed E-state index contributed by atoms with van der Waals surface area (Å²) in [4.78, 5) is 0. The van der Waals surface area contributed by atoms with Crippen molar-refractivity contribution in [3.05, 3.63) is 224 Å². The van der Waals surface area contributed by atoms with E-state index < -0.39 is 11.2 Å². The second kappa shape index (κ2) is 11.8. The molecular weight excluding hydrogens is 785 g/mol. The molecule has 2 unspecified atom stereocenters. The van der Waals surface area contributed by atoms with Crippen LogP contribution in [0.4, 0.5) is 0 Å². The summed E-state index contributed by atoms with van der Waals surface area (Å²) >= 11 is 3.83. The molecule has 4 aliphatic rings. The van der Waals surface area contributed by atoms with Crippen LogP contribution in [0.3, 0.4) is 0 Å². The Bertz CT molecular complexity index is 3300. The fourth-order valence-electron chi connectivity index (χ4n) is 11.5. The number of allylic oxidation sites excluding steroid dienone is 5. The third-order valence-electron chi connectivity index (χ3n) is 14.0. The Kier molecular flexibility index (Phi) is 6.96. The third-order valence-corrected chi connectivity index (χ3v) is 14.5. The van der Waals surface area contributed by atoms with Crippen molar-refractivity contribution in [2.75, 3.05) is 0 Å². The first kappa shape index (κ1) is 34.9. The Morgan fingerprint density at radius 3 is 1.68 bits per heavy atom. The van der Waals surface area contributed by atoms with Crippen LogP contribution in [-0.2, 0) is 16.6 Å². The van der Waals surface area contributed by atoms with Crippen LogP contribution in [0.5, 0.6) is 0 Å². The minimum Gasteiger partial charge on any atom is -0.376 e. The van der Waals surface area contributed by atoms with Crippen molar-refractivity contribution >= 4 is 48.6 Å². The molecule has 2 nitrogen and oxygen atoms in total. The molecule has 0 saturated heterocycles. The highest BCUT2D eigenvalue weighted by Crippen LogP contribution is 2.61. The maximum Gasteiger partial charge on any atom is 0.142 e. The van der Waals surface area contributed by atoms with Crippen LogP contribution in [0.1, 0.15) is 76.4 Å². The largest absolute Gasteiger partial charge is 0.376 e. The molecule has 3 heteroatoms. The van der Waals surface area contributed by atoms with Gasteiger partial charge < -0.3 is 10.2 Å². The summed E-state index contributed by atoms with van der Waals surface area (Å²) in [7, 11) is 0. The molecule has 0 aromatic heterocycles. The van der Waals surface area contributed by atoms with Gasteiger partial charge in [-0.3, -0.25) is 0 Å². The van der Waals surface area contributed by atoms with Gasteiger partial charge in [-0.25, -0.2) is 0 Å². The van der Waals surface area contributed by atoms with E-state index >= 15 is 0 Å². The van der Waals surface area contributed by atoms with E-state index in [2.05, 4.69) is 170 Å². The first-order chi connectivity index (χ1) is 28.6. The molecule has 2 N–H and O–H groups in total. The molecular formula is C56H39BrO2. The summed E-state index contributed by atoms with van der Waals surface area (Å²) in [6, 6.07) is 49.1. The van der Waals surface area contributed by atoms with E-state index in [-0.39, 0.29) is 5.41 Å². The zero-order valence-corrected chi connectivity index (χ0v) is 34.6. The van der Waals surface area contributed by atoms with Crippen LogP contribution < -0.4 is 0 Å². The Labute approximate surface area is 352 Å². The maximum atomic E-state index is 14.3. The van der Waals surface area contributed by atoms with E-state index in [9.17, 15) is 10.2 Å². The zero-order chi connectivity index (χ0) is 40.2. The summed E-state index contributed by atoms with van der Waals surface area (Å²) in [5.41, 5.74) is 14.3. The van der Waals surface area contributed by atoms with Crippen LogP contribution in [0.15, 0.2) is 169 Å². The third kappa shape index (κ3) is 4.18. The number of halogens is 1. The van der Waals surface area contributed by atoms with Gasteiger partial charge in [0.25, 0.3) is 0 Å². The lowest BCUT2D eigenvalue weighted by Crippen LogP contribution is -2.44. The van der Waals surface area contributed by atoms with Gasteiger partial charge in [0.05, 0.1) is 0 Å². The molecule has 4 aliphatic carbocycles. The number of hydrogen-bond donors (Lipinski definition) is 2. The van der Waals surface area contributed by atoms with Crippen LogP contribution in [0.25, 0.3) is 66.1 Å². The summed E-state index contributed by atoms with van der Waals surface area (Å²) in [5, 5.41) is 32.8. The predicted molar refractivity (Wildman–Crippen MR) is 247 cm³/mol. The van der Waals surface area contributed by atoms with Crippen molar-refractivity contribution in [1.29, 1.82) is 0 Å². The van der Waals surface area contributed by atoms with Gasteiger partial charge in [0, 0.05) is 32.1 Å². The van der Waals surface area contributed by atoms with E-state index in [0.29, 0.717) is 22.3 Å². The first-order valence-electron chi connectivity index (χ1n) is 20.4. The van der Waals surface area contributed by atoms with Crippen LogP contribution in [0, 0.1) is 0 Å². The molecule has 0 radical (unpaired) electrons. The standard InChI is InChI=1S/C56H39BrO2/c1-5-13-33-32(6-2)37-17-11-19-41-45(26-23-39(33)52(37)41)55(58)47-25-22-31(57)28-49(47)56(59,51-30-48-43(29-50(51)55)36-16-9-10-21-44(36)54(48,3)4)46-27-24-40-35-15-8-7-14-34(35)38-18-12-20-42(46)53(38)40/h5-30,58-59H,2H2,1,3-4H3/b13-5-. The molecule has 0 spiro atoms.